The van der Waals surface area contributed by atoms with Crippen LogP contribution >= 0.6 is 0 Å². The summed E-state index contributed by atoms with van der Waals surface area (Å²) < 4.78 is 4.71. The van der Waals surface area contributed by atoms with Gasteiger partial charge >= 0.3 is 5.97 Å². The maximum absolute atomic E-state index is 11.1. The highest BCUT2D eigenvalue weighted by Gasteiger charge is 2.25. The first-order valence-corrected chi connectivity index (χ1v) is 3.74. The standard InChI is InChI=1S/C7H12N2O3/c1-3-12-7(10)6-4-5-8(2)9(6)11/h4,11H,3,5H2,1-2H3. The Morgan fingerprint density at radius 1 is 1.83 bits per heavy atom. The van der Waals surface area contributed by atoms with Gasteiger partial charge in [0.2, 0.25) is 0 Å². The second kappa shape index (κ2) is 3.55. The van der Waals surface area contributed by atoms with Crippen LogP contribution in [0.3, 0.4) is 0 Å². The zero-order valence-corrected chi connectivity index (χ0v) is 7.15. The van der Waals surface area contributed by atoms with Crippen LogP contribution < -0.4 is 0 Å². The zero-order valence-electron chi connectivity index (χ0n) is 7.15. The van der Waals surface area contributed by atoms with Crippen molar-refractivity contribution in [1.29, 1.82) is 0 Å². The van der Waals surface area contributed by atoms with Crippen molar-refractivity contribution in [3.8, 4) is 0 Å². The Labute approximate surface area is 70.7 Å². The maximum atomic E-state index is 11.1. The second-order valence-electron chi connectivity index (χ2n) is 2.44. The molecule has 5 heteroatoms. The van der Waals surface area contributed by atoms with Crippen LogP contribution in [0.2, 0.25) is 0 Å². The molecule has 0 aliphatic carbocycles. The predicted molar refractivity (Wildman–Crippen MR) is 41.0 cm³/mol. The molecular weight excluding hydrogens is 160 g/mol. The van der Waals surface area contributed by atoms with Gasteiger partial charge in [-0.3, -0.25) is 5.21 Å². The fourth-order valence-electron chi connectivity index (χ4n) is 0.932. The number of hydrazine groups is 1. The summed E-state index contributed by atoms with van der Waals surface area (Å²) in [6, 6.07) is 0. The number of hydrogen-bond acceptors (Lipinski definition) is 5. The van der Waals surface area contributed by atoms with Crippen molar-refractivity contribution >= 4 is 5.97 Å². The summed E-state index contributed by atoms with van der Waals surface area (Å²) in [5.74, 6) is -0.496. The van der Waals surface area contributed by atoms with E-state index in [0.717, 1.165) is 5.17 Å². The summed E-state index contributed by atoms with van der Waals surface area (Å²) in [5.41, 5.74) is 0.180. The topological polar surface area (TPSA) is 53.0 Å². The highest BCUT2D eigenvalue weighted by molar-refractivity contribution is 5.87. The molecule has 0 bridgehead atoms. The van der Waals surface area contributed by atoms with Gasteiger partial charge in [-0.05, 0) is 13.0 Å². The molecule has 1 aliphatic heterocycles. The summed E-state index contributed by atoms with van der Waals surface area (Å²) in [5, 5.41) is 11.5. The van der Waals surface area contributed by atoms with Gasteiger partial charge in [0, 0.05) is 13.6 Å². The molecule has 0 amide bonds. The van der Waals surface area contributed by atoms with Crippen LogP contribution in [0.5, 0.6) is 0 Å². The third-order valence-electron chi connectivity index (χ3n) is 1.57. The monoisotopic (exact) mass is 172 g/mol. The van der Waals surface area contributed by atoms with E-state index in [1.54, 1.807) is 20.0 Å². The molecule has 1 heterocycles. The van der Waals surface area contributed by atoms with E-state index in [0.29, 0.717) is 13.2 Å². The molecule has 1 N–H and O–H groups in total. The highest BCUT2D eigenvalue weighted by Crippen LogP contribution is 2.12. The minimum Gasteiger partial charge on any atom is -0.461 e. The molecule has 0 aromatic carbocycles. The average Bonchev–Trinajstić information content (AvgIpc) is 2.34. The van der Waals surface area contributed by atoms with Gasteiger partial charge in [-0.2, -0.15) is 10.2 Å². The normalized spacial score (nSPS) is 17.9. The predicted octanol–water partition coefficient (Wildman–Crippen LogP) is -0.0150. The van der Waals surface area contributed by atoms with E-state index in [2.05, 4.69) is 0 Å². The van der Waals surface area contributed by atoms with Crippen LogP contribution in [0.4, 0.5) is 0 Å². The second-order valence-corrected chi connectivity index (χ2v) is 2.44. The summed E-state index contributed by atoms with van der Waals surface area (Å²) in [6.45, 7) is 2.55. The van der Waals surface area contributed by atoms with E-state index in [4.69, 9.17) is 4.74 Å². The number of ether oxygens (including phenoxy) is 1. The number of hydroxylamine groups is 1. The molecule has 5 nitrogen and oxygen atoms in total. The van der Waals surface area contributed by atoms with Crippen LogP contribution in [-0.4, -0.2) is 41.6 Å². The quantitative estimate of drug-likeness (QED) is 0.593. The number of nitrogens with zero attached hydrogens (tertiary/aromatic N) is 2. The number of esters is 1. The van der Waals surface area contributed by atoms with Gasteiger partial charge in [-0.1, -0.05) is 0 Å². The molecule has 1 aliphatic rings. The number of rotatable bonds is 2. The van der Waals surface area contributed by atoms with Crippen LogP contribution in [0, 0.1) is 0 Å². The molecule has 0 aromatic rings. The van der Waals surface area contributed by atoms with Crippen LogP contribution in [0.1, 0.15) is 6.92 Å². The lowest BCUT2D eigenvalue weighted by molar-refractivity contribution is -0.198. The van der Waals surface area contributed by atoms with Crippen LogP contribution in [0.15, 0.2) is 11.8 Å². The summed E-state index contributed by atoms with van der Waals surface area (Å²) in [6.07, 6.45) is 1.61. The number of likely N-dealkylation sites (N-methyl/N-ethyl adjacent to an activating group) is 1. The Kier molecular flexibility index (Phi) is 2.67. The first kappa shape index (κ1) is 9.02. The molecule has 0 saturated carbocycles. The molecule has 0 spiro atoms. The summed E-state index contributed by atoms with van der Waals surface area (Å²) in [4.78, 5) is 11.1. The van der Waals surface area contributed by atoms with E-state index in [1.165, 1.54) is 5.01 Å². The lowest BCUT2D eigenvalue weighted by atomic mass is 10.4. The molecule has 0 radical (unpaired) electrons. The first-order valence-electron chi connectivity index (χ1n) is 3.74. The van der Waals surface area contributed by atoms with E-state index >= 15 is 0 Å². The summed E-state index contributed by atoms with van der Waals surface area (Å²) >= 11 is 0. The Balaban J connectivity index is 2.58. The summed E-state index contributed by atoms with van der Waals surface area (Å²) in [7, 11) is 1.67. The Hall–Kier alpha value is -1.07. The van der Waals surface area contributed by atoms with Gasteiger partial charge < -0.3 is 4.74 Å². The van der Waals surface area contributed by atoms with Gasteiger partial charge in [0.25, 0.3) is 0 Å². The molecule has 0 fully saturated rings. The Bertz CT molecular complexity index is 215. The van der Waals surface area contributed by atoms with E-state index in [-0.39, 0.29) is 5.70 Å². The van der Waals surface area contributed by atoms with Gasteiger partial charge in [0.05, 0.1) is 6.61 Å². The zero-order chi connectivity index (χ0) is 9.14. The molecule has 0 atom stereocenters. The fraction of sp³-hybridized carbons (Fsp3) is 0.571. The third-order valence-corrected chi connectivity index (χ3v) is 1.57. The molecule has 12 heavy (non-hydrogen) atoms. The van der Waals surface area contributed by atoms with Crippen molar-refractivity contribution in [2.75, 3.05) is 20.2 Å². The van der Waals surface area contributed by atoms with Gasteiger partial charge in [0.1, 0.15) is 0 Å². The minimum atomic E-state index is -0.496. The number of carbonyl (C=O) groups excluding carboxylic acids is 1. The fourth-order valence-corrected chi connectivity index (χ4v) is 0.932. The van der Waals surface area contributed by atoms with Gasteiger partial charge in [-0.15, -0.1) is 0 Å². The number of hydrogen-bond donors (Lipinski definition) is 1. The largest absolute Gasteiger partial charge is 0.461 e. The van der Waals surface area contributed by atoms with E-state index < -0.39 is 5.97 Å². The van der Waals surface area contributed by atoms with Crippen molar-refractivity contribution in [2.45, 2.75) is 6.92 Å². The minimum absolute atomic E-state index is 0.180. The first-order chi connectivity index (χ1) is 5.66. The lowest BCUT2D eigenvalue weighted by Crippen LogP contribution is -2.33. The molecular formula is C7H12N2O3. The SMILES string of the molecule is CCOC(=O)C1=CCN(C)N1O. The Morgan fingerprint density at radius 2 is 2.50 bits per heavy atom. The molecule has 0 unspecified atom stereocenters. The average molecular weight is 172 g/mol. The number of carbonyl (C=O) groups is 1. The lowest BCUT2D eigenvalue weighted by Gasteiger charge is -2.20. The van der Waals surface area contributed by atoms with Crippen molar-refractivity contribution in [1.82, 2.24) is 10.2 Å². The molecule has 1 rings (SSSR count). The van der Waals surface area contributed by atoms with Crippen molar-refractivity contribution < 1.29 is 14.7 Å². The maximum Gasteiger partial charge on any atom is 0.358 e. The van der Waals surface area contributed by atoms with Crippen LogP contribution in [0.25, 0.3) is 0 Å². The van der Waals surface area contributed by atoms with Crippen LogP contribution in [-0.2, 0) is 9.53 Å². The Morgan fingerprint density at radius 3 is 2.92 bits per heavy atom. The van der Waals surface area contributed by atoms with Crippen molar-refractivity contribution in [2.24, 2.45) is 0 Å². The molecule has 0 saturated heterocycles. The van der Waals surface area contributed by atoms with E-state index in [9.17, 15) is 10.0 Å². The molecule has 68 valence electrons. The highest BCUT2D eigenvalue weighted by atomic mass is 16.6. The molecule has 0 aromatic heterocycles. The smallest absolute Gasteiger partial charge is 0.358 e. The van der Waals surface area contributed by atoms with Crippen molar-refractivity contribution in [3.05, 3.63) is 11.8 Å². The van der Waals surface area contributed by atoms with Gasteiger partial charge in [-0.25, -0.2) is 4.79 Å². The third kappa shape index (κ3) is 1.57. The van der Waals surface area contributed by atoms with E-state index in [1.807, 2.05) is 0 Å². The van der Waals surface area contributed by atoms with Crippen molar-refractivity contribution in [3.63, 3.8) is 0 Å². The van der Waals surface area contributed by atoms with Gasteiger partial charge in [0.15, 0.2) is 5.70 Å².